The lowest BCUT2D eigenvalue weighted by Crippen LogP contribution is -2.52. The van der Waals surface area contributed by atoms with Gasteiger partial charge < -0.3 is 19.7 Å². The largest absolute Gasteiger partial charge is 0.493 e. The van der Waals surface area contributed by atoms with Crippen LogP contribution < -0.4 is 14.8 Å². The third kappa shape index (κ3) is 7.01. The first-order chi connectivity index (χ1) is 18.4. The zero-order valence-corrected chi connectivity index (χ0v) is 22.5. The number of benzene rings is 3. The molecule has 200 valence electrons. The lowest BCUT2D eigenvalue weighted by Gasteiger charge is -2.45. The summed E-state index contributed by atoms with van der Waals surface area (Å²) in [4.78, 5) is 14.9. The highest BCUT2D eigenvalue weighted by Gasteiger charge is 2.38. The Morgan fingerprint density at radius 3 is 2.42 bits per heavy atom. The van der Waals surface area contributed by atoms with Gasteiger partial charge in [-0.2, -0.15) is 0 Å². The Morgan fingerprint density at radius 2 is 1.74 bits per heavy atom. The van der Waals surface area contributed by atoms with Crippen LogP contribution in [0.4, 0.5) is 4.39 Å². The Labute approximate surface area is 225 Å². The maximum atomic E-state index is 14.3. The molecule has 0 aromatic heterocycles. The summed E-state index contributed by atoms with van der Waals surface area (Å²) in [6, 6.07) is 22.7. The van der Waals surface area contributed by atoms with Crippen molar-refractivity contribution in [3.05, 3.63) is 101 Å². The van der Waals surface area contributed by atoms with Gasteiger partial charge in [-0.1, -0.05) is 54.6 Å². The SMILES string of the molecule is COc1cc(C=CC(=O)NC2CCC(Cc3ccccc3F)(N(C)C)CC2)ccc1OCc1ccccc1. The molecule has 3 aromatic carbocycles. The molecule has 0 spiro atoms. The van der Waals surface area contributed by atoms with E-state index in [0.29, 0.717) is 24.5 Å². The topological polar surface area (TPSA) is 50.8 Å². The van der Waals surface area contributed by atoms with E-state index in [4.69, 9.17) is 9.47 Å². The number of amides is 1. The summed E-state index contributed by atoms with van der Waals surface area (Å²) >= 11 is 0. The van der Waals surface area contributed by atoms with Gasteiger partial charge in [0.25, 0.3) is 0 Å². The Morgan fingerprint density at radius 1 is 1.03 bits per heavy atom. The van der Waals surface area contributed by atoms with E-state index in [-0.39, 0.29) is 23.3 Å². The van der Waals surface area contributed by atoms with Crippen molar-refractivity contribution in [3.63, 3.8) is 0 Å². The first kappa shape index (κ1) is 27.4. The van der Waals surface area contributed by atoms with Crippen LogP contribution in [0.15, 0.2) is 78.9 Å². The molecule has 0 radical (unpaired) electrons. The molecule has 1 saturated carbocycles. The highest BCUT2D eigenvalue weighted by atomic mass is 19.1. The monoisotopic (exact) mass is 516 g/mol. The zero-order valence-electron chi connectivity index (χ0n) is 22.5. The minimum atomic E-state index is -0.151. The Bertz CT molecular complexity index is 1230. The molecule has 0 aliphatic heterocycles. The predicted octanol–water partition coefficient (Wildman–Crippen LogP) is 6.03. The number of nitrogens with zero attached hydrogens (tertiary/aromatic N) is 1. The van der Waals surface area contributed by atoms with Crippen LogP contribution in [0.2, 0.25) is 0 Å². The van der Waals surface area contributed by atoms with E-state index < -0.39 is 0 Å². The molecular formula is C32H37FN2O3. The zero-order chi connectivity index (χ0) is 27.0. The van der Waals surface area contributed by atoms with Crippen LogP contribution in [0.5, 0.6) is 11.5 Å². The fourth-order valence-electron chi connectivity index (χ4n) is 5.14. The number of nitrogens with one attached hydrogen (secondary N) is 1. The van der Waals surface area contributed by atoms with E-state index in [2.05, 4.69) is 24.3 Å². The minimum absolute atomic E-state index is 0.101. The highest BCUT2D eigenvalue weighted by Crippen LogP contribution is 2.36. The maximum Gasteiger partial charge on any atom is 0.244 e. The second-order valence-electron chi connectivity index (χ2n) is 10.2. The Balaban J connectivity index is 1.31. The number of halogens is 1. The molecule has 1 amide bonds. The molecule has 1 N–H and O–H groups in total. The van der Waals surface area contributed by atoms with Gasteiger partial charge in [-0.15, -0.1) is 0 Å². The van der Waals surface area contributed by atoms with Crippen molar-refractivity contribution >= 4 is 12.0 Å². The van der Waals surface area contributed by atoms with Gasteiger partial charge in [0, 0.05) is 17.7 Å². The van der Waals surface area contributed by atoms with Crippen molar-refractivity contribution < 1.29 is 18.7 Å². The fraction of sp³-hybridized carbons (Fsp3) is 0.344. The third-order valence-corrected chi connectivity index (χ3v) is 7.54. The Kier molecular flexibility index (Phi) is 9.19. The van der Waals surface area contributed by atoms with Crippen LogP contribution in [0, 0.1) is 5.82 Å². The summed E-state index contributed by atoms with van der Waals surface area (Å²) in [5, 5.41) is 3.15. The molecule has 0 bridgehead atoms. The third-order valence-electron chi connectivity index (χ3n) is 7.54. The van der Waals surface area contributed by atoms with Gasteiger partial charge in [0.15, 0.2) is 11.5 Å². The summed E-state index contributed by atoms with van der Waals surface area (Å²) in [7, 11) is 5.73. The van der Waals surface area contributed by atoms with Crippen LogP contribution in [-0.4, -0.2) is 43.6 Å². The Hall–Kier alpha value is -3.64. The number of rotatable bonds is 10. The number of likely N-dealkylation sites (N-methyl/N-ethyl adjacent to an activating group) is 1. The van der Waals surface area contributed by atoms with E-state index >= 15 is 0 Å². The number of carbonyl (C=O) groups is 1. The highest BCUT2D eigenvalue weighted by molar-refractivity contribution is 5.92. The normalized spacial score (nSPS) is 19.4. The average molecular weight is 517 g/mol. The lowest BCUT2D eigenvalue weighted by molar-refractivity contribution is -0.117. The summed E-state index contributed by atoms with van der Waals surface area (Å²) in [6.07, 6.45) is 7.51. The molecule has 0 saturated heterocycles. The molecule has 1 aliphatic carbocycles. The van der Waals surface area contributed by atoms with Gasteiger partial charge in [0.2, 0.25) is 5.91 Å². The van der Waals surface area contributed by atoms with Crippen molar-refractivity contribution in [2.45, 2.75) is 50.3 Å². The first-order valence-corrected chi connectivity index (χ1v) is 13.1. The summed E-state index contributed by atoms with van der Waals surface area (Å²) < 4.78 is 25.8. The first-order valence-electron chi connectivity index (χ1n) is 13.1. The van der Waals surface area contributed by atoms with Crippen LogP contribution in [0.3, 0.4) is 0 Å². The van der Waals surface area contributed by atoms with Crippen LogP contribution in [-0.2, 0) is 17.8 Å². The molecule has 6 heteroatoms. The van der Waals surface area contributed by atoms with Gasteiger partial charge in [0.05, 0.1) is 7.11 Å². The smallest absolute Gasteiger partial charge is 0.244 e. The van der Waals surface area contributed by atoms with Crippen LogP contribution in [0.25, 0.3) is 6.08 Å². The van der Waals surface area contributed by atoms with Gasteiger partial charge in [0.1, 0.15) is 12.4 Å². The molecule has 3 aromatic rings. The standard InChI is InChI=1S/C32H37FN2O3/c1-35(2)32(22-26-11-7-8-12-28(26)33)19-17-27(18-20-32)34-31(36)16-14-24-13-15-29(30(21-24)37-3)38-23-25-9-5-4-6-10-25/h4-16,21,27H,17-20,22-23H2,1-3H3,(H,34,36). The van der Waals surface area contributed by atoms with E-state index in [1.165, 1.54) is 6.07 Å². The second kappa shape index (κ2) is 12.7. The molecule has 38 heavy (non-hydrogen) atoms. The van der Waals surface area contributed by atoms with Crippen molar-refractivity contribution in [2.24, 2.45) is 0 Å². The van der Waals surface area contributed by atoms with Crippen molar-refractivity contribution in [3.8, 4) is 11.5 Å². The lowest BCUT2D eigenvalue weighted by atomic mass is 9.74. The summed E-state index contributed by atoms with van der Waals surface area (Å²) in [5.41, 5.74) is 2.57. The molecule has 5 nitrogen and oxygen atoms in total. The molecule has 0 atom stereocenters. The predicted molar refractivity (Wildman–Crippen MR) is 150 cm³/mol. The molecule has 4 rings (SSSR count). The number of methoxy groups -OCH3 is 1. The summed E-state index contributed by atoms with van der Waals surface area (Å²) in [6.45, 7) is 0.450. The summed E-state index contributed by atoms with van der Waals surface area (Å²) in [5.74, 6) is 0.997. The van der Waals surface area contributed by atoms with Gasteiger partial charge in [-0.05, 0) is 87.2 Å². The van der Waals surface area contributed by atoms with E-state index in [1.807, 2.05) is 60.7 Å². The quantitative estimate of drug-likeness (QED) is 0.335. The van der Waals surface area contributed by atoms with E-state index in [1.54, 1.807) is 25.3 Å². The number of carbonyl (C=O) groups excluding carboxylic acids is 1. The van der Waals surface area contributed by atoms with Gasteiger partial charge >= 0.3 is 0 Å². The molecule has 0 unspecified atom stereocenters. The van der Waals surface area contributed by atoms with Gasteiger partial charge in [-0.3, -0.25) is 4.79 Å². The van der Waals surface area contributed by atoms with E-state index in [9.17, 15) is 9.18 Å². The van der Waals surface area contributed by atoms with E-state index in [0.717, 1.165) is 42.4 Å². The van der Waals surface area contributed by atoms with Crippen LogP contribution in [0.1, 0.15) is 42.4 Å². The minimum Gasteiger partial charge on any atom is -0.493 e. The number of ether oxygens (including phenoxy) is 2. The molecule has 1 fully saturated rings. The average Bonchev–Trinajstić information content (AvgIpc) is 2.93. The van der Waals surface area contributed by atoms with Crippen molar-refractivity contribution in [2.75, 3.05) is 21.2 Å². The second-order valence-corrected chi connectivity index (χ2v) is 10.2. The van der Waals surface area contributed by atoms with Crippen molar-refractivity contribution in [1.29, 1.82) is 0 Å². The number of hydrogen-bond acceptors (Lipinski definition) is 4. The van der Waals surface area contributed by atoms with Crippen LogP contribution >= 0.6 is 0 Å². The molecule has 0 heterocycles. The molecular weight excluding hydrogens is 479 g/mol. The molecule has 1 aliphatic rings. The van der Waals surface area contributed by atoms with Gasteiger partial charge in [-0.25, -0.2) is 4.39 Å². The van der Waals surface area contributed by atoms with Crippen molar-refractivity contribution in [1.82, 2.24) is 10.2 Å². The maximum absolute atomic E-state index is 14.3. The number of hydrogen-bond donors (Lipinski definition) is 1. The fourth-order valence-corrected chi connectivity index (χ4v) is 5.14.